The van der Waals surface area contributed by atoms with Crippen LogP contribution in [0.5, 0.6) is 0 Å². The molecule has 102 valence electrons. The molecule has 3 rings (SSSR count). The van der Waals surface area contributed by atoms with Gasteiger partial charge in [0.05, 0.1) is 5.52 Å². The van der Waals surface area contributed by atoms with Crippen LogP contribution in [0.4, 0.5) is 5.69 Å². The van der Waals surface area contributed by atoms with Crippen molar-refractivity contribution in [2.45, 2.75) is 0 Å². The molecule has 0 aliphatic heterocycles. The summed E-state index contributed by atoms with van der Waals surface area (Å²) in [6, 6.07) is 14.0. The molecule has 3 nitrogen and oxygen atoms in total. The van der Waals surface area contributed by atoms with E-state index in [0.717, 1.165) is 27.3 Å². The third kappa shape index (κ3) is 2.14. The topological polar surface area (TPSA) is 58.9 Å². The number of benzene rings is 2. The van der Waals surface area contributed by atoms with Crippen LogP contribution in [-0.4, -0.2) is 18.3 Å². The lowest BCUT2D eigenvalue weighted by Gasteiger charge is -2.13. The molecule has 0 fully saturated rings. The monoisotopic (exact) mass is 284 g/mol. The lowest BCUT2D eigenvalue weighted by molar-refractivity contribution is 0.588. The standard InChI is InChI=1S/C16H17N2OP/c1-20(2,19)15-10-12(6-7-14(15)17)13-5-3-4-11-8-9-18-16(11)13/h3-10,18H,17H2,1-2H3. The highest BCUT2D eigenvalue weighted by atomic mass is 31.2. The Morgan fingerprint density at radius 1 is 1.10 bits per heavy atom. The second-order valence-corrected chi connectivity index (χ2v) is 8.56. The molecule has 1 heterocycles. The van der Waals surface area contributed by atoms with Crippen molar-refractivity contribution in [1.29, 1.82) is 0 Å². The molecule has 0 aliphatic carbocycles. The number of anilines is 1. The number of fused-ring (bicyclic) bond motifs is 1. The number of hydrogen-bond donors (Lipinski definition) is 2. The van der Waals surface area contributed by atoms with E-state index in [1.54, 1.807) is 13.3 Å². The van der Waals surface area contributed by atoms with Gasteiger partial charge in [-0.1, -0.05) is 24.3 Å². The predicted octanol–water partition coefficient (Wildman–Crippen LogP) is 3.67. The van der Waals surface area contributed by atoms with Crippen LogP contribution in [-0.2, 0) is 4.57 Å². The van der Waals surface area contributed by atoms with E-state index < -0.39 is 7.14 Å². The molecule has 0 spiro atoms. The van der Waals surface area contributed by atoms with Crippen molar-refractivity contribution in [1.82, 2.24) is 4.98 Å². The highest BCUT2D eigenvalue weighted by molar-refractivity contribution is 7.70. The maximum atomic E-state index is 12.3. The van der Waals surface area contributed by atoms with Gasteiger partial charge in [0, 0.05) is 22.8 Å². The first-order chi connectivity index (χ1) is 9.47. The summed E-state index contributed by atoms with van der Waals surface area (Å²) in [6.07, 6.45) is 1.93. The summed E-state index contributed by atoms with van der Waals surface area (Å²) in [7, 11) is -2.38. The van der Waals surface area contributed by atoms with Crippen LogP contribution < -0.4 is 11.0 Å². The van der Waals surface area contributed by atoms with E-state index in [4.69, 9.17) is 5.73 Å². The van der Waals surface area contributed by atoms with E-state index in [1.807, 2.05) is 36.5 Å². The quantitative estimate of drug-likeness (QED) is 0.557. The number of nitrogen functional groups attached to an aromatic ring is 1. The first-order valence-corrected chi connectivity index (χ1v) is 9.08. The maximum Gasteiger partial charge on any atom is 0.111 e. The van der Waals surface area contributed by atoms with Gasteiger partial charge in [0.15, 0.2) is 0 Å². The summed E-state index contributed by atoms with van der Waals surface area (Å²) >= 11 is 0. The van der Waals surface area contributed by atoms with Crippen molar-refractivity contribution < 1.29 is 4.57 Å². The fraction of sp³-hybridized carbons (Fsp3) is 0.125. The first-order valence-electron chi connectivity index (χ1n) is 6.48. The van der Waals surface area contributed by atoms with Crippen LogP contribution in [0.25, 0.3) is 22.0 Å². The third-order valence-corrected chi connectivity index (χ3v) is 5.06. The molecule has 0 atom stereocenters. The second kappa shape index (κ2) is 4.53. The molecule has 1 aromatic heterocycles. The highest BCUT2D eigenvalue weighted by Crippen LogP contribution is 2.39. The van der Waals surface area contributed by atoms with E-state index in [1.165, 1.54) is 0 Å². The molecule has 3 aromatic rings. The highest BCUT2D eigenvalue weighted by Gasteiger charge is 2.16. The molecule has 0 radical (unpaired) electrons. The Bertz CT molecular complexity index is 829. The van der Waals surface area contributed by atoms with Crippen molar-refractivity contribution >= 4 is 29.0 Å². The molecule has 4 heteroatoms. The fourth-order valence-corrected chi connectivity index (χ4v) is 3.65. The number of hydrogen-bond acceptors (Lipinski definition) is 2. The number of H-pyrrole nitrogens is 1. The molecule has 20 heavy (non-hydrogen) atoms. The van der Waals surface area contributed by atoms with Crippen LogP contribution in [0, 0.1) is 0 Å². The van der Waals surface area contributed by atoms with Crippen molar-refractivity contribution in [3.8, 4) is 11.1 Å². The molecule has 2 aromatic carbocycles. The summed E-state index contributed by atoms with van der Waals surface area (Å²) in [4.78, 5) is 3.26. The first kappa shape index (κ1) is 13.0. The Balaban J connectivity index is 2.25. The molecule has 0 saturated carbocycles. The minimum atomic E-state index is -2.38. The lowest BCUT2D eigenvalue weighted by Crippen LogP contribution is -2.09. The van der Waals surface area contributed by atoms with Gasteiger partial charge >= 0.3 is 0 Å². The lowest BCUT2D eigenvalue weighted by atomic mass is 10.0. The number of nitrogens with one attached hydrogen (secondary N) is 1. The SMILES string of the molecule is CP(C)(=O)c1cc(-c2cccc3cc[nH]c23)ccc1N. The smallest absolute Gasteiger partial charge is 0.111 e. The van der Waals surface area contributed by atoms with E-state index in [0.29, 0.717) is 5.69 Å². The Morgan fingerprint density at radius 2 is 1.90 bits per heavy atom. The van der Waals surface area contributed by atoms with Gasteiger partial charge in [-0.15, -0.1) is 0 Å². The van der Waals surface area contributed by atoms with Gasteiger partial charge in [0.25, 0.3) is 0 Å². The minimum absolute atomic E-state index is 0.598. The summed E-state index contributed by atoms with van der Waals surface area (Å²) < 4.78 is 12.3. The van der Waals surface area contributed by atoms with Gasteiger partial charge in [-0.05, 0) is 42.5 Å². The average Bonchev–Trinajstić information content (AvgIpc) is 2.86. The van der Waals surface area contributed by atoms with Gasteiger partial charge in [-0.25, -0.2) is 0 Å². The Hall–Kier alpha value is -1.99. The van der Waals surface area contributed by atoms with Crippen LogP contribution in [0.3, 0.4) is 0 Å². The number of rotatable bonds is 2. The summed E-state index contributed by atoms with van der Waals surface area (Å²) in [5, 5.41) is 1.91. The normalized spacial score (nSPS) is 11.9. The van der Waals surface area contributed by atoms with Crippen LogP contribution in [0.2, 0.25) is 0 Å². The van der Waals surface area contributed by atoms with Gasteiger partial charge in [-0.2, -0.15) is 0 Å². The van der Waals surface area contributed by atoms with E-state index in [9.17, 15) is 4.57 Å². The third-order valence-electron chi connectivity index (χ3n) is 3.51. The van der Waals surface area contributed by atoms with Crippen molar-refractivity contribution in [3.05, 3.63) is 48.7 Å². The summed E-state index contributed by atoms with van der Waals surface area (Å²) in [6.45, 7) is 3.50. The van der Waals surface area contributed by atoms with Crippen LogP contribution in [0.15, 0.2) is 48.7 Å². The molecule has 0 unspecified atom stereocenters. The molecular weight excluding hydrogens is 267 g/mol. The molecule has 0 aliphatic rings. The fourth-order valence-electron chi connectivity index (χ4n) is 2.50. The number of nitrogens with two attached hydrogens (primary N) is 1. The molecule has 0 bridgehead atoms. The van der Waals surface area contributed by atoms with Crippen molar-refractivity contribution in [2.24, 2.45) is 0 Å². The van der Waals surface area contributed by atoms with Gasteiger partial charge in [0.2, 0.25) is 0 Å². The van der Waals surface area contributed by atoms with Gasteiger partial charge in [-0.3, -0.25) is 0 Å². The molecule has 3 N–H and O–H groups in total. The predicted molar refractivity (Wildman–Crippen MR) is 87.2 cm³/mol. The van der Waals surface area contributed by atoms with Crippen molar-refractivity contribution in [2.75, 3.05) is 19.1 Å². The largest absolute Gasteiger partial charge is 0.398 e. The maximum absolute atomic E-state index is 12.3. The minimum Gasteiger partial charge on any atom is -0.398 e. The molecule has 0 amide bonds. The van der Waals surface area contributed by atoms with Crippen LogP contribution in [0.1, 0.15) is 0 Å². The Kier molecular flexibility index (Phi) is 2.95. The zero-order valence-electron chi connectivity index (χ0n) is 11.6. The van der Waals surface area contributed by atoms with Gasteiger partial charge < -0.3 is 15.3 Å². The van der Waals surface area contributed by atoms with E-state index in [-0.39, 0.29) is 0 Å². The Morgan fingerprint density at radius 3 is 2.65 bits per heavy atom. The van der Waals surface area contributed by atoms with E-state index >= 15 is 0 Å². The van der Waals surface area contributed by atoms with Crippen molar-refractivity contribution in [3.63, 3.8) is 0 Å². The zero-order chi connectivity index (χ0) is 14.3. The zero-order valence-corrected chi connectivity index (χ0v) is 12.4. The van der Waals surface area contributed by atoms with E-state index in [2.05, 4.69) is 17.1 Å². The number of para-hydroxylation sites is 1. The summed E-state index contributed by atoms with van der Waals surface area (Å²) in [5.74, 6) is 0. The van der Waals surface area contributed by atoms with Crippen LogP contribution >= 0.6 is 7.14 Å². The van der Waals surface area contributed by atoms with Gasteiger partial charge in [0.1, 0.15) is 7.14 Å². The molecule has 0 saturated heterocycles. The summed E-state index contributed by atoms with van der Waals surface area (Å²) in [5.41, 5.74) is 9.79. The number of aromatic amines is 1. The second-order valence-electron chi connectivity index (χ2n) is 5.37. The number of aromatic nitrogens is 1. The Labute approximate surface area is 118 Å². The average molecular weight is 284 g/mol. The molecular formula is C16H17N2OP.